The fraction of sp³-hybridized carbons (Fsp3) is 0.318. The summed E-state index contributed by atoms with van der Waals surface area (Å²) in [6.07, 6.45) is 3.08. The van der Waals surface area contributed by atoms with Crippen LogP contribution in [0.3, 0.4) is 0 Å². The third-order valence-corrected chi connectivity index (χ3v) is 6.89. The van der Waals surface area contributed by atoms with E-state index >= 15 is 0 Å². The van der Waals surface area contributed by atoms with Gasteiger partial charge in [0.25, 0.3) is 0 Å². The van der Waals surface area contributed by atoms with E-state index in [-0.39, 0.29) is 23.7 Å². The largest absolute Gasteiger partial charge is 0.421 e. The van der Waals surface area contributed by atoms with Crippen LogP contribution in [0.15, 0.2) is 24.5 Å². The average Bonchev–Trinajstić information content (AvgIpc) is 3.14. The minimum atomic E-state index is -0.993. The molecule has 2 fully saturated rings. The Balaban J connectivity index is 1.49. The number of hydrogen-bond donors (Lipinski definition) is 4. The summed E-state index contributed by atoms with van der Waals surface area (Å²) in [7, 11) is 1.72. The zero-order valence-corrected chi connectivity index (χ0v) is 18.5. The van der Waals surface area contributed by atoms with E-state index in [4.69, 9.17) is 16.2 Å². The topological polar surface area (TPSA) is 161 Å². The standard InChI is InChI=1S/C22H22FN9O2/c1-9-27-5-11(6-28-9)34-21-30-18-16(12-3-10(23)4-15(26-2)17(12)29-18)19(31-21)32-7-13-14(8-32)22(13,25)20(24)33/h3-6,13-14,26H,7-8,25H2,1-2H3,(H2,24,33)(H,29,30,31)/t13-,14+,22?. The molecule has 3 aromatic heterocycles. The number of aromatic nitrogens is 5. The Morgan fingerprint density at radius 3 is 2.62 bits per heavy atom. The molecule has 2 aliphatic rings. The third kappa shape index (κ3) is 2.88. The molecule has 3 atom stereocenters. The first-order valence-electron chi connectivity index (χ1n) is 10.8. The van der Waals surface area contributed by atoms with Crippen LogP contribution < -0.4 is 26.4 Å². The number of piperidine rings is 1. The van der Waals surface area contributed by atoms with Crippen LogP contribution in [-0.2, 0) is 4.79 Å². The molecule has 0 bridgehead atoms. The molecule has 6 rings (SSSR count). The smallest absolute Gasteiger partial charge is 0.326 e. The van der Waals surface area contributed by atoms with Crippen molar-refractivity contribution in [2.24, 2.45) is 23.3 Å². The molecule has 6 N–H and O–H groups in total. The number of nitrogens with one attached hydrogen (secondary N) is 2. The quantitative estimate of drug-likeness (QED) is 0.343. The zero-order valence-electron chi connectivity index (χ0n) is 18.5. The minimum absolute atomic E-state index is 0.0697. The highest BCUT2D eigenvalue weighted by molar-refractivity contribution is 6.14. The van der Waals surface area contributed by atoms with Gasteiger partial charge in [0.05, 0.1) is 29.0 Å². The molecule has 11 nitrogen and oxygen atoms in total. The average molecular weight is 463 g/mol. The number of aryl methyl sites for hydroxylation is 1. The molecule has 1 saturated carbocycles. The molecule has 34 heavy (non-hydrogen) atoms. The van der Waals surface area contributed by atoms with Crippen molar-refractivity contribution in [3.63, 3.8) is 0 Å². The van der Waals surface area contributed by atoms with Crippen LogP contribution in [0.4, 0.5) is 15.9 Å². The SMILES string of the molecule is CNc1cc(F)cc2c1[nH]c1nc(Oc3cnc(C)nc3)nc(N3C[C@@H]4[C@H](C3)C4(N)C(N)=O)c12. The number of carbonyl (C=O) groups excluding carboxylic acids is 1. The number of carbonyl (C=O) groups is 1. The number of fused-ring (bicyclic) bond motifs is 4. The predicted octanol–water partition coefficient (Wildman–Crippen LogP) is 1.43. The maximum Gasteiger partial charge on any atom is 0.326 e. The molecule has 0 radical (unpaired) electrons. The highest BCUT2D eigenvalue weighted by Gasteiger charge is 2.70. The Morgan fingerprint density at radius 2 is 1.97 bits per heavy atom. The van der Waals surface area contributed by atoms with Crippen molar-refractivity contribution in [1.29, 1.82) is 0 Å². The van der Waals surface area contributed by atoms with Gasteiger partial charge in [-0.3, -0.25) is 4.79 Å². The van der Waals surface area contributed by atoms with Crippen molar-refractivity contribution < 1.29 is 13.9 Å². The summed E-state index contributed by atoms with van der Waals surface area (Å²) < 4.78 is 20.3. The highest BCUT2D eigenvalue weighted by Crippen LogP contribution is 2.54. The molecule has 174 valence electrons. The molecule has 1 saturated heterocycles. The van der Waals surface area contributed by atoms with Crippen molar-refractivity contribution in [3.8, 4) is 11.8 Å². The Bertz CT molecular complexity index is 1460. The summed E-state index contributed by atoms with van der Waals surface area (Å²) in [5.74, 6) is 0.530. The van der Waals surface area contributed by atoms with E-state index < -0.39 is 11.4 Å². The Kier molecular flexibility index (Phi) is 4.21. The van der Waals surface area contributed by atoms with Gasteiger partial charge >= 0.3 is 6.01 Å². The number of ether oxygens (including phenoxy) is 1. The van der Waals surface area contributed by atoms with Crippen molar-refractivity contribution in [1.82, 2.24) is 24.9 Å². The summed E-state index contributed by atoms with van der Waals surface area (Å²) in [5, 5.41) is 4.30. The highest BCUT2D eigenvalue weighted by atomic mass is 19.1. The Morgan fingerprint density at radius 1 is 1.26 bits per heavy atom. The van der Waals surface area contributed by atoms with E-state index in [0.29, 0.717) is 58.1 Å². The van der Waals surface area contributed by atoms with E-state index in [0.717, 1.165) is 0 Å². The second-order valence-electron chi connectivity index (χ2n) is 8.79. The number of rotatable bonds is 5. The molecular weight excluding hydrogens is 441 g/mol. The molecule has 1 amide bonds. The number of nitrogens with zero attached hydrogens (tertiary/aromatic N) is 5. The molecule has 1 aliphatic carbocycles. The number of H-pyrrole nitrogens is 1. The second-order valence-corrected chi connectivity index (χ2v) is 8.79. The summed E-state index contributed by atoms with van der Waals surface area (Å²) in [6, 6.07) is 2.94. The van der Waals surface area contributed by atoms with Gasteiger partial charge in [-0.15, -0.1) is 0 Å². The minimum Gasteiger partial charge on any atom is -0.421 e. The molecule has 0 spiro atoms. The van der Waals surface area contributed by atoms with Gasteiger partial charge in [-0.1, -0.05) is 0 Å². The first kappa shape index (κ1) is 20.5. The number of nitrogens with two attached hydrogens (primary N) is 2. The van der Waals surface area contributed by atoms with Crippen LogP contribution >= 0.6 is 0 Å². The van der Waals surface area contributed by atoms with Crippen molar-refractivity contribution >= 4 is 39.3 Å². The summed E-state index contributed by atoms with van der Waals surface area (Å²) in [5.41, 5.74) is 12.5. The third-order valence-electron chi connectivity index (χ3n) is 6.89. The van der Waals surface area contributed by atoms with E-state index in [1.807, 2.05) is 4.90 Å². The number of benzene rings is 1. The number of hydrogen-bond acceptors (Lipinski definition) is 9. The van der Waals surface area contributed by atoms with Crippen LogP contribution in [0.2, 0.25) is 0 Å². The summed E-state index contributed by atoms with van der Waals surface area (Å²) in [4.78, 5) is 34.6. The summed E-state index contributed by atoms with van der Waals surface area (Å²) in [6.45, 7) is 2.75. The lowest BCUT2D eigenvalue weighted by molar-refractivity contribution is -0.120. The normalized spacial score (nSPS) is 23.4. The molecule has 1 aliphatic heterocycles. The fourth-order valence-corrected chi connectivity index (χ4v) is 5.04. The lowest BCUT2D eigenvalue weighted by Gasteiger charge is -2.24. The van der Waals surface area contributed by atoms with Gasteiger partial charge in [0.1, 0.15) is 28.6 Å². The monoisotopic (exact) mass is 463 g/mol. The van der Waals surface area contributed by atoms with E-state index in [1.165, 1.54) is 24.5 Å². The molecule has 12 heteroatoms. The fourth-order valence-electron chi connectivity index (χ4n) is 5.04. The van der Waals surface area contributed by atoms with Crippen LogP contribution in [-0.4, -0.2) is 56.5 Å². The number of halogens is 1. The van der Waals surface area contributed by atoms with Crippen LogP contribution in [0, 0.1) is 24.6 Å². The lowest BCUT2D eigenvalue weighted by Crippen LogP contribution is -2.47. The molecule has 1 unspecified atom stereocenters. The predicted molar refractivity (Wildman–Crippen MR) is 123 cm³/mol. The van der Waals surface area contributed by atoms with Gasteiger partial charge in [0.15, 0.2) is 5.75 Å². The Hall–Kier alpha value is -4.06. The van der Waals surface area contributed by atoms with Crippen molar-refractivity contribution in [3.05, 3.63) is 36.2 Å². The van der Waals surface area contributed by atoms with Gasteiger partial charge in [0.2, 0.25) is 5.91 Å². The van der Waals surface area contributed by atoms with E-state index in [2.05, 4.69) is 30.2 Å². The van der Waals surface area contributed by atoms with Crippen LogP contribution in [0.25, 0.3) is 21.9 Å². The molecular formula is C22H22FN9O2. The molecule has 4 heterocycles. The Labute approximate surface area is 192 Å². The van der Waals surface area contributed by atoms with Gasteiger partial charge in [-0.05, 0) is 19.1 Å². The first-order chi connectivity index (χ1) is 16.3. The van der Waals surface area contributed by atoms with E-state index in [1.54, 1.807) is 14.0 Å². The van der Waals surface area contributed by atoms with Crippen LogP contribution in [0.5, 0.6) is 11.8 Å². The molecule has 1 aromatic carbocycles. The first-order valence-corrected chi connectivity index (χ1v) is 10.8. The maximum absolute atomic E-state index is 14.4. The van der Waals surface area contributed by atoms with Crippen molar-refractivity contribution in [2.75, 3.05) is 30.4 Å². The number of anilines is 2. The number of aromatic amines is 1. The van der Waals surface area contributed by atoms with Gasteiger partial charge in [0, 0.05) is 37.4 Å². The zero-order chi connectivity index (χ0) is 23.8. The lowest BCUT2D eigenvalue weighted by atomic mass is 10.1. The van der Waals surface area contributed by atoms with Crippen molar-refractivity contribution in [2.45, 2.75) is 12.5 Å². The van der Waals surface area contributed by atoms with E-state index in [9.17, 15) is 9.18 Å². The second kappa shape index (κ2) is 6.97. The maximum atomic E-state index is 14.4. The van der Waals surface area contributed by atoms with Gasteiger partial charge in [-0.25, -0.2) is 14.4 Å². The molecule has 4 aromatic rings. The number of amides is 1. The van der Waals surface area contributed by atoms with Gasteiger partial charge in [-0.2, -0.15) is 9.97 Å². The van der Waals surface area contributed by atoms with Gasteiger partial charge < -0.3 is 31.4 Å². The number of primary amides is 1. The summed E-state index contributed by atoms with van der Waals surface area (Å²) >= 11 is 0. The van der Waals surface area contributed by atoms with Crippen LogP contribution in [0.1, 0.15) is 5.82 Å².